The fourth-order valence-corrected chi connectivity index (χ4v) is 2.12. The lowest BCUT2D eigenvalue weighted by molar-refractivity contribution is 0.862. The molecule has 0 atom stereocenters. The van der Waals surface area contributed by atoms with E-state index in [9.17, 15) is 0 Å². The second-order valence-electron chi connectivity index (χ2n) is 4.48. The molecule has 0 saturated carbocycles. The lowest BCUT2D eigenvalue weighted by Gasteiger charge is -2.09. The molecule has 2 heteroatoms. The molecule has 0 aliphatic rings. The van der Waals surface area contributed by atoms with Gasteiger partial charge in [0.05, 0.1) is 0 Å². The Morgan fingerprint density at radius 3 is 2.61 bits per heavy atom. The van der Waals surface area contributed by atoms with Crippen molar-refractivity contribution >= 4 is 17.3 Å². The van der Waals surface area contributed by atoms with Crippen LogP contribution in [0.25, 0.3) is 0 Å². The molecule has 0 radical (unpaired) electrons. The predicted octanol–water partition coefficient (Wildman–Crippen LogP) is 4.69. The molecule has 2 rings (SSSR count). The topological polar surface area (TPSA) is 12.0 Å². The number of benzene rings is 2. The maximum Gasteiger partial charge on any atom is 0.0426 e. The van der Waals surface area contributed by atoms with Crippen molar-refractivity contribution in [1.82, 2.24) is 0 Å². The molecule has 0 heterocycles. The molecule has 2 aromatic carbocycles. The Hall–Kier alpha value is -1.47. The normalized spacial score (nSPS) is 10.3. The Kier molecular flexibility index (Phi) is 4.66. The number of nitrogens with one attached hydrogen (secondary N) is 1. The van der Waals surface area contributed by atoms with Gasteiger partial charge in [0.2, 0.25) is 0 Å². The number of halogens is 1. The summed E-state index contributed by atoms with van der Waals surface area (Å²) in [5.74, 6) is 0. The molecule has 0 amide bonds. The molecule has 0 spiro atoms. The molecular formula is C16H18ClN. The molecule has 1 nitrogen and oxygen atoms in total. The summed E-state index contributed by atoms with van der Waals surface area (Å²) < 4.78 is 0. The third-order valence-electron chi connectivity index (χ3n) is 3.00. The minimum atomic E-state index is 0.783. The average Bonchev–Trinajstić information content (AvgIpc) is 2.40. The number of anilines is 1. The van der Waals surface area contributed by atoms with E-state index in [1.165, 1.54) is 11.1 Å². The number of rotatable bonds is 5. The quantitative estimate of drug-likeness (QED) is 0.768. The first-order valence-corrected chi connectivity index (χ1v) is 6.67. The Labute approximate surface area is 114 Å². The molecular weight excluding hydrogens is 242 g/mol. The van der Waals surface area contributed by atoms with E-state index < -0.39 is 0 Å². The van der Waals surface area contributed by atoms with Crippen LogP contribution < -0.4 is 5.32 Å². The Bertz CT molecular complexity index is 494. The van der Waals surface area contributed by atoms with Gasteiger partial charge in [-0.3, -0.25) is 0 Å². The van der Waals surface area contributed by atoms with Crippen molar-refractivity contribution in [3.05, 3.63) is 64.7 Å². The summed E-state index contributed by atoms with van der Waals surface area (Å²) in [6.45, 7) is 3.06. The first-order valence-electron chi connectivity index (χ1n) is 6.29. The predicted molar refractivity (Wildman–Crippen MR) is 79.4 cm³/mol. The molecule has 0 aliphatic heterocycles. The van der Waals surface area contributed by atoms with E-state index in [1.807, 2.05) is 18.2 Å². The zero-order valence-corrected chi connectivity index (χ0v) is 11.4. The molecule has 0 unspecified atom stereocenters. The van der Waals surface area contributed by atoms with Gasteiger partial charge in [-0.2, -0.15) is 0 Å². The molecule has 0 bridgehead atoms. The maximum absolute atomic E-state index is 5.99. The molecule has 2 aromatic rings. The van der Waals surface area contributed by atoms with Gasteiger partial charge in [-0.1, -0.05) is 48.0 Å². The van der Waals surface area contributed by atoms with Gasteiger partial charge in [0.15, 0.2) is 0 Å². The number of hydrogen-bond donors (Lipinski definition) is 1. The van der Waals surface area contributed by atoms with Crippen molar-refractivity contribution in [2.24, 2.45) is 0 Å². The lowest BCUT2D eigenvalue weighted by atomic mass is 10.1. The van der Waals surface area contributed by atoms with Crippen molar-refractivity contribution in [3.8, 4) is 0 Å². The third kappa shape index (κ3) is 3.78. The van der Waals surface area contributed by atoms with Crippen LogP contribution in [0.4, 0.5) is 5.69 Å². The second kappa shape index (κ2) is 6.46. The van der Waals surface area contributed by atoms with Crippen LogP contribution in [0.5, 0.6) is 0 Å². The van der Waals surface area contributed by atoms with Gasteiger partial charge in [0, 0.05) is 17.3 Å². The van der Waals surface area contributed by atoms with Gasteiger partial charge < -0.3 is 5.32 Å². The Morgan fingerprint density at radius 1 is 1.06 bits per heavy atom. The lowest BCUT2D eigenvalue weighted by Crippen LogP contribution is -2.04. The van der Waals surface area contributed by atoms with Crippen LogP contribution >= 0.6 is 11.6 Å². The van der Waals surface area contributed by atoms with Gasteiger partial charge in [-0.25, -0.2) is 0 Å². The van der Waals surface area contributed by atoms with Crippen molar-refractivity contribution in [1.29, 1.82) is 0 Å². The van der Waals surface area contributed by atoms with Gasteiger partial charge in [0.1, 0.15) is 0 Å². The smallest absolute Gasteiger partial charge is 0.0426 e. The van der Waals surface area contributed by atoms with Crippen LogP contribution in [-0.2, 0) is 6.42 Å². The van der Waals surface area contributed by atoms with E-state index in [1.54, 1.807) is 0 Å². The van der Waals surface area contributed by atoms with E-state index in [4.69, 9.17) is 11.6 Å². The van der Waals surface area contributed by atoms with Crippen LogP contribution in [0.15, 0.2) is 48.5 Å². The largest absolute Gasteiger partial charge is 0.385 e. The van der Waals surface area contributed by atoms with Gasteiger partial charge in [-0.15, -0.1) is 0 Å². The number of aryl methyl sites for hydroxylation is 2. The fraction of sp³-hybridized carbons (Fsp3) is 0.250. The van der Waals surface area contributed by atoms with Gasteiger partial charge in [0.25, 0.3) is 0 Å². The van der Waals surface area contributed by atoms with Crippen molar-refractivity contribution in [2.75, 3.05) is 11.9 Å². The molecule has 0 aliphatic carbocycles. The van der Waals surface area contributed by atoms with Crippen molar-refractivity contribution in [3.63, 3.8) is 0 Å². The first-order chi connectivity index (χ1) is 8.75. The Morgan fingerprint density at radius 2 is 1.83 bits per heavy atom. The van der Waals surface area contributed by atoms with E-state index in [-0.39, 0.29) is 0 Å². The minimum Gasteiger partial charge on any atom is -0.385 e. The summed E-state index contributed by atoms with van der Waals surface area (Å²) >= 11 is 5.99. The SMILES string of the molecule is Cc1ccc(Cl)cc1NCCCc1ccccc1. The summed E-state index contributed by atoms with van der Waals surface area (Å²) in [6.07, 6.45) is 2.23. The van der Waals surface area contributed by atoms with Crippen LogP contribution in [0.2, 0.25) is 5.02 Å². The summed E-state index contributed by atoms with van der Waals surface area (Å²) in [7, 11) is 0. The molecule has 18 heavy (non-hydrogen) atoms. The van der Waals surface area contributed by atoms with E-state index >= 15 is 0 Å². The molecule has 0 aromatic heterocycles. The minimum absolute atomic E-state index is 0.783. The summed E-state index contributed by atoms with van der Waals surface area (Å²) in [4.78, 5) is 0. The average molecular weight is 260 g/mol. The number of hydrogen-bond acceptors (Lipinski definition) is 1. The zero-order chi connectivity index (χ0) is 12.8. The standard InChI is InChI=1S/C16H18ClN/c1-13-9-10-15(17)12-16(13)18-11-5-8-14-6-3-2-4-7-14/h2-4,6-7,9-10,12,18H,5,8,11H2,1H3. The van der Waals surface area contributed by atoms with E-state index in [2.05, 4.69) is 42.6 Å². The van der Waals surface area contributed by atoms with Crippen LogP contribution in [0.1, 0.15) is 17.5 Å². The fourth-order valence-electron chi connectivity index (χ4n) is 1.94. The summed E-state index contributed by atoms with van der Waals surface area (Å²) in [5, 5.41) is 4.22. The maximum atomic E-state index is 5.99. The molecule has 94 valence electrons. The Balaban J connectivity index is 1.80. The highest BCUT2D eigenvalue weighted by atomic mass is 35.5. The van der Waals surface area contributed by atoms with E-state index in [0.29, 0.717) is 0 Å². The van der Waals surface area contributed by atoms with Crippen LogP contribution in [-0.4, -0.2) is 6.54 Å². The zero-order valence-electron chi connectivity index (χ0n) is 10.6. The second-order valence-corrected chi connectivity index (χ2v) is 4.91. The first kappa shape index (κ1) is 13.0. The van der Waals surface area contributed by atoms with Crippen LogP contribution in [0.3, 0.4) is 0 Å². The van der Waals surface area contributed by atoms with Crippen LogP contribution in [0, 0.1) is 6.92 Å². The highest BCUT2D eigenvalue weighted by Gasteiger charge is 1.98. The molecule has 0 saturated heterocycles. The highest BCUT2D eigenvalue weighted by Crippen LogP contribution is 2.20. The van der Waals surface area contributed by atoms with E-state index in [0.717, 1.165) is 30.1 Å². The molecule has 0 fully saturated rings. The van der Waals surface area contributed by atoms with Crippen molar-refractivity contribution in [2.45, 2.75) is 19.8 Å². The molecule has 1 N–H and O–H groups in total. The third-order valence-corrected chi connectivity index (χ3v) is 3.24. The monoisotopic (exact) mass is 259 g/mol. The highest BCUT2D eigenvalue weighted by molar-refractivity contribution is 6.30. The van der Waals surface area contributed by atoms with Crippen molar-refractivity contribution < 1.29 is 0 Å². The summed E-state index contributed by atoms with van der Waals surface area (Å²) in [6, 6.07) is 16.5. The summed E-state index contributed by atoms with van der Waals surface area (Å²) in [5.41, 5.74) is 3.76. The van der Waals surface area contributed by atoms with Gasteiger partial charge in [-0.05, 0) is 43.0 Å². The van der Waals surface area contributed by atoms with Gasteiger partial charge >= 0.3 is 0 Å².